The van der Waals surface area contributed by atoms with E-state index in [2.05, 4.69) is 4.90 Å². The lowest BCUT2D eigenvalue weighted by Gasteiger charge is -2.34. The van der Waals surface area contributed by atoms with E-state index in [1.54, 1.807) is 6.92 Å². The SMILES string of the molecule is CCN(CC1CCC1)C(C)C(=O)c1ccc(F)cc1F. The maximum atomic E-state index is 13.7. The molecule has 1 saturated carbocycles. The number of halogens is 2. The number of likely N-dealkylation sites (N-methyl/N-ethyl adjacent to an activating group) is 1. The van der Waals surface area contributed by atoms with Crippen LogP contribution in [0.5, 0.6) is 0 Å². The molecule has 2 nitrogen and oxygen atoms in total. The standard InChI is InChI=1S/C16H21F2NO/c1-3-19(10-12-5-4-6-12)11(2)16(20)14-8-7-13(17)9-15(14)18/h7-9,11-12H,3-6,10H2,1-2H3. The van der Waals surface area contributed by atoms with Gasteiger partial charge in [0.05, 0.1) is 11.6 Å². The highest BCUT2D eigenvalue weighted by Crippen LogP contribution is 2.28. The van der Waals surface area contributed by atoms with E-state index in [0.29, 0.717) is 5.92 Å². The molecule has 1 fully saturated rings. The van der Waals surface area contributed by atoms with Gasteiger partial charge in [-0.1, -0.05) is 13.3 Å². The Morgan fingerprint density at radius 2 is 2.10 bits per heavy atom. The molecule has 1 aliphatic rings. The van der Waals surface area contributed by atoms with Gasteiger partial charge in [-0.2, -0.15) is 0 Å². The summed E-state index contributed by atoms with van der Waals surface area (Å²) in [6.45, 7) is 5.44. The molecule has 1 aromatic rings. The molecule has 0 saturated heterocycles. The molecule has 0 radical (unpaired) electrons. The number of Topliss-reactive ketones (excluding diaryl/α,β-unsaturated/α-hetero) is 1. The highest BCUT2D eigenvalue weighted by Gasteiger charge is 2.27. The number of rotatable bonds is 6. The zero-order chi connectivity index (χ0) is 14.7. The lowest BCUT2D eigenvalue weighted by atomic mass is 9.84. The van der Waals surface area contributed by atoms with Crippen molar-refractivity contribution in [1.82, 2.24) is 4.90 Å². The molecule has 0 aromatic heterocycles. The van der Waals surface area contributed by atoms with Crippen LogP contribution in [0.4, 0.5) is 8.78 Å². The fourth-order valence-corrected chi connectivity index (χ4v) is 2.65. The van der Waals surface area contributed by atoms with Gasteiger partial charge in [0, 0.05) is 12.6 Å². The predicted molar refractivity (Wildman–Crippen MR) is 74.7 cm³/mol. The van der Waals surface area contributed by atoms with Crippen molar-refractivity contribution in [2.75, 3.05) is 13.1 Å². The molecule has 1 unspecified atom stereocenters. The van der Waals surface area contributed by atoms with Crippen molar-refractivity contribution >= 4 is 5.78 Å². The Labute approximate surface area is 118 Å². The van der Waals surface area contributed by atoms with Crippen molar-refractivity contribution in [2.24, 2.45) is 5.92 Å². The van der Waals surface area contributed by atoms with Gasteiger partial charge in [0.25, 0.3) is 0 Å². The summed E-state index contributed by atoms with van der Waals surface area (Å²) in [5.74, 6) is -1.05. The van der Waals surface area contributed by atoms with Crippen molar-refractivity contribution < 1.29 is 13.6 Å². The molecule has 4 heteroatoms. The van der Waals surface area contributed by atoms with Gasteiger partial charge in [0.15, 0.2) is 5.78 Å². The van der Waals surface area contributed by atoms with Crippen molar-refractivity contribution in [2.45, 2.75) is 39.2 Å². The Hall–Kier alpha value is -1.29. The molecule has 1 atom stereocenters. The predicted octanol–water partition coefficient (Wildman–Crippen LogP) is 3.66. The number of benzene rings is 1. The summed E-state index contributed by atoms with van der Waals surface area (Å²) >= 11 is 0. The van der Waals surface area contributed by atoms with E-state index in [-0.39, 0.29) is 17.4 Å². The molecule has 110 valence electrons. The average molecular weight is 281 g/mol. The van der Waals surface area contributed by atoms with Gasteiger partial charge in [-0.3, -0.25) is 9.69 Å². The molecule has 20 heavy (non-hydrogen) atoms. The maximum absolute atomic E-state index is 13.7. The number of ketones is 1. The van der Waals surface area contributed by atoms with Crippen molar-refractivity contribution in [3.05, 3.63) is 35.4 Å². The minimum Gasteiger partial charge on any atom is -0.294 e. The molecule has 1 aliphatic carbocycles. The van der Waals surface area contributed by atoms with Crippen LogP contribution in [0.15, 0.2) is 18.2 Å². The topological polar surface area (TPSA) is 20.3 Å². The Morgan fingerprint density at radius 3 is 2.60 bits per heavy atom. The molecule has 0 amide bonds. The van der Waals surface area contributed by atoms with Crippen LogP contribution >= 0.6 is 0 Å². The van der Waals surface area contributed by atoms with E-state index in [4.69, 9.17) is 0 Å². The van der Waals surface area contributed by atoms with E-state index in [1.165, 1.54) is 25.3 Å². The molecular formula is C16H21F2NO. The summed E-state index contributed by atoms with van der Waals surface area (Å²) in [4.78, 5) is 14.4. The third-order valence-electron chi connectivity index (χ3n) is 4.25. The summed E-state index contributed by atoms with van der Waals surface area (Å²) in [5, 5.41) is 0. The van der Waals surface area contributed by atoms with E-state index in [9.17, 15) is 13.6 Å². The van der Waals surface area contributed by atoms with E-state index < -0.39 is 11.6 Å². The van der Waals surface area contributed by atoms with Crippen molar-refractivity contribution in [3.8, 4) is 0 Å². The van der Waals surface area contributed by atoms with Crippen LogP contribution in [-0.4, -0.2) is 29.8 Å². The van der Waals surface area contributed by atoms with Crippen LogP contribution < -0.4 is 0 Å². The second-order valence-electron chi connectivity index (χ2n) is 5.55. The number of carbonyl (C=O) groups is 1. The highest BCUT2D eigenvalue weighted by atomic mass is 19.1. The number of hydrogen-bond acceptors (Lipinski definition) is 2. The quantitative estimate of drug-likeness (QED) is 0.742. The minimum absolute atomic E-state index is 0.0223. The van der Waals surface area contributed by atoms with Crippen molar-refractivity contribution in [3.63, 3.8) is 0 Å². The van der Waals surface area contributed by atoms with Gasteiger partial charge in [-0.15, -0.1) is 0 Å². The zero-order valence-electron chi connectivity index (χ0n) is 12.0. The molecule has 1 aromatic carbocycles. The van der Waals surface area contributed by atoms with Crippen LogP contribution in [0.1, 0.15) is 43.5 Å². The average Bonchev–Trinajstić information content (AvgIpc) is 2.36. The van der Waals surface area contributed by atoms with Gasteiger partial charge in [0.1, 0.15) is 11.6 Å². The monoisotopic (exact) mass is 281 g/mol. The normalized spacial score (nSPS) is 17.1. The first-order valence-corrected chi connectivity index (χ1v) is 7.26. The molecule has 0 heterocycles. The zero-order valence-corrected chi connectivity index (χ0v) is 12.0. The Balaban J connectivity index is 2.09. The van der Waals surface area contributed by atoms with Crippen LogP contribution in [0.25, 0.3) is 0 Å². The second-order valence-corrected chi connectivity index (χ2v) is 5.55. The maximum Gasteiger partial charge on any atom is 0.182 e. The fraction of sp³-hybridized carbons (Fsp3) is 0.562. The summed E-state index contributed by atoms with van der Waals surface area (Å²) in [7, 11) is 0. The third kappa shape index (κ3) is 3.23. The van der Waals surface area contributed by atoms with E-state index in [1.807, 2.05) is 6.92 Å². The largest absolute Gasteiger partial charge is 0.294 e. The molecule has 0 bridgehead atoms. The molecule has 2 rings (SSSR count). The fourth-order valence-electron chi connectivity index (χ4n) is 2.65. The summed E-state index contributed by atoms with van der Waals surface area (Å²) in [5.41, 5.74) is -0.0223. The first kappa shape index (κ1) is 15.1. The summed E-state index contributed by atoms with van der Waals surface area (Å²) in [6.07, 6.45) is 3.68. The van der Waals surface area contributed by atoms with Crippen molar-refractivity contribution in [1.29, 1.82) is 0 Å². The van der Waals surface area contributed by atoms with Gasteiger partial charge in [0.2, 0.25) is 0 Å². The van der Waals surface area contributed by atoms with Gasteiger partial charge < -0.3 is 0 Å². The van der Waals surface area contributed by atoms with Gasteiger partial charge >= 0.3 is 0 Å². The summed E-state index contributed by atoms with van der Waals surface area (Å²) in [6, 6.07) is 2.76. The number of hydrogen-bond donors (Lipinski definition) is 0. The highest BCUT2D eigenvalue weighted by molar-refractivity contribution is 6.00. The first-order valence-electron chi connectivity index (χ1n) is 7.26. The van der Waals surface area contributed by atoms with Crippen LogP contribution in [0.3, 0.4) is 0 Å². The Morgan fingerprint density at radius 1 is 1.40 bits per heavy atom. The number of nitrogens with zero attached hydrogens (tertiary/aromatic N) is 1. The lowest BCUT2D eigenvalue weighted by Crippen LogP contribution is -2.43. The molecule has 0 spiro atoms. The van der Waals surface area contributed by atoms with Gasteiger partial charge in [-0.25, -0.2) is 8.78 Å². The lowest BCUT2D eigenvalue weighted by molar-refractivity contribution is 0.0785. The first-order chi connectivity index (χ1) is 9.52. The Bertz CT molecular complexity index is 485. The molecule has 0 N–H and O–H groups in total. The van der Waals surface area contributed by atoms with Crippen LogP contribution in [0, 0.1) is 17.6 Å². The molecular weight excluding hydrogens is 260 g/mol. The van der Waals surface area contributed by atoms with Crippen LogP contribution in [-0.2, 0) is 0 Å². The minimum atomic E-state index is -0.776. The van der Waals surface area contributed by atoms with Gasteiger partial charge in [-0.05, 0) is 44.4 Å². The Kier molecular flexibility index (Phi) is 4.86. The number of carbonyl (C=O) groups excluding carboxylic acids is 1. The van der Waals surface area contributed by atoms with E-state index in [0.717, 1.165) is 25.2 Å². The van der Waals surface area contributed by atoms with E-state index >= 15 is 0 Å². The van der Waals surface area contributed by atoms with Crippen LogP contribution in [0.2, 0.25) is 0 Å². The second kappa shape index (κ2) is 6.44. The summed E-state index contributed by atoms with van der Waals surface area (Å²) < 4.78 is 26.6. The smallest absolute Gasteiger partial charge is 0.182 e. The third-order valence-corrected chi connectivity index (χ3v) is 4.25. The molecule has 0 aliphatic heterocycles.